The lowest BCUT2D eigenvalue weighted by atomic mass is 10.0. The van der Waals surface area contributed by atoms with Gasteiger partial charge in [-0.25, -0.2) is 0 Å². The maximum atomic E-state index is 12.5. The number of hydrogen-bond acceptors (Lipinski definition) is 2. The predicted octanol–water partition coefficient (Wildman–Crippen LogP) is 4.72. The maximum Gasteiger partial charge on any atom is 0.251 e. The minimum Gasteiger partial charge on any atom is -0.497 e. The Bertz CT molecular complexity index is 1240. The summed E-state index contributed by atoms with van der Waals surface area (Å²) in [4.78, 5) is 15.4. The summed E-state index contributed by atoms with van der Waals surface area (Å²) in [5.74, 6) is 7.26. The second-order valence-electron chi connectivity index (χ2n) is 6.91. The molecule has 1 heterocycles. The zero-order valence-corrected chi connectivity index (χ0v) is 16.2. The first-order valence-corrected chi connectivity index (χ1v) is 9.53. The Morgan fingerprint density at radius 1 is 0.897 bits per heavy atom. The fraction of sp³-hybridized carbons (Fsp3) is 0.115. The van der Waals surface area contributed by atoms with E-state index in [0.717, 1.165) is 33.3 Å². The van der Waals surface area contributed by atoms with E-state index in [0.29, 0.717) is 12.8 Å². The highest BCUT2D eigenvalue weighted by molar-refractivity contribution is 5.80. The monoisotopic (exact) mass is 379 g/mol. The number of ether oxygens (including phenoxy) is 1. The largest absolute Gasteiger partial charge is 0.497 e. The number of hydrogen-bond donors (Lipinski definition) is 1. The molecule has 0 spiro atoms. The average molecular weight is 379 g/mol. The highest BCUT2D eigenvalue weighted by atomic mass is 16.5. The van der Waals surface area contributed by atoms with Crippen molar-refractivity contribution in [2.24, 2.45) is 0 Å². The molecule has 0 aliphatic rings. The van der Waals surface area contributed by atoms with Crippen LogP contribution in [0, 0.1) is 11.8 Å². The van der Waals surface area contributed by atoms with Gasteiger partial charge in [-0.15, -0.1) is 0 Å². The van der Waals surface area contributed by atoms with Crippen molar-refractivity contribution in [3.05, 3.63) is 111 Å². The van der Waals surface area contributed by atoms with Gasteiger partial charge < -0.3 is 9.72 Å². The van der Waals surface area contributed by atoms with Gasteiger partial charge in [-0.05, 0) is 52.9 Å². The van der Waals surface area contributed by atoms with E-state index in [9.17, 15) is 4.79 Å². The molecule has 4 aromatic rings. The lowest BCUT2D eigenvalue weighted by Gasteiger charge is -2.06. The number of benzene rings is 3. The number of aromatic amines is 1. The topological polar surface area (TPSA) is 42.1 Å². The van der Waals surface area contributed by atoms with Gasteiger partial charge in [0.2, 0.25) is 0 Å². The van der Waals surface area contributed by atoms with E-state index in [1.807, 2.05) is 66.7 Å². The van der Waals surface area contributed by atoms with Crippen LogP contribution in [-0.4, -0.2) is 12.1 Å². The lowest BCUT2D eigenvalue weighted by Crippen LogP contribution is -2.12. The Morgan fingerprint density at radius 3 is 2.45 bits per heavy atom. The van der Waals surface area contributed by atoms with Gasteiger partial charge in [0.25, 0.3) is 5.56 Å². The predicted molar refractivity (Wildman–Crippen MR) is 117 cm³/mol. The Balaban J connectivity index is 1.59. The highest BCUT2D eigenvalue weighted by Gasteiger charge is 2.05. The van der Waals surface area contributed by atoms with Crippen LogP contribution in [0.5, 0.6) is 5.75 Å². The molecule has 1 aromatic heterocycles. The van der Waals surface area contributed by atoms with Crippen LogP contribution in [0.1, 0.15) is 22.3 Å². The van der Waals surface area contributed by atoms with Gasteiger partial charge in [-0.3, -0.25) is 4.79 Å². The maximum absolute atomic E-state index is 12.5. The van der Waals surface area contributed by atoms with Crippen LogP contribution in [0.25, 0.3) is 10.9 Å². The fourth-order valence-electron chi connectivity index (χ4n) is 3.27. The molecular formula is C26H21NO2. The van der Waals surface area contributed by atoms with Crippen molar-refractivity contribution in [2.45, 2.75) is 12.8 Å². The van der Waals surface area contributed by atoms with Gasteiger partial charge in [-0.2, -0.15) is 0 Å². The molecule has 0 atom stereocenters. The molecule has 0 aliphatic heterocycles. The molecule has 1 N–H and O–H groups in total. The Hall–Kier alpha value is -3.77. The van der Waals surface area contributed by atoms with Crippen molar-refractivity contribution in [1.29, 1.82) is 0 Å². The van der Waals surface area contributed by atoms with E-state index < -0.39 is 0 Å². The molecule has 0 saturated heterocycles. The molecule has 4 rings (SSSR count). The molecule has 0 fully saturated rings. The summed E-state index contributed by atoms with van der Waals surface area (Å²) in [6.07, 6.45) is 1.28. The van der Waals surface area contributed by atoms with Crippen molar-refractivity contribution >= 4 is 10.9 Å². The number of methoxy groups -OCH3 is 1. The van der Waals surface area contributed by atoms with Crippen molar-refractivity contribution in [2.75, 3.05) is 7.11 Å². The smallest absolute Gasteiger partial charge is 0.251 e. The summed E-state index contributed by atoms with van der Waals surface area (Å²) in [6.45, 7) is 0. The SMILES string of the molecule is COc1ccc(Cc2cc3cc(C#CCc4ccccc4)ccc3[nH]c2=O)cc1. The number of rotatable bonds is 4. The third kappa shape index (κ3) is 4.56. The first kappa shape index (κ1) is 18.6. The van der Waals surface area contributed by atoms with Gasteiger partial charge in [0.15, 0.2) is 0 Å². The zero-order chi connectivity index (χ0) is 20.1. The van der Waals surface area contributed by atoms with E-state index in [4.69, 9.17) is 4.74 Å². The molecule has 3 nitrogen and oxygen atoms in total. The average Bonchev–Trinajstić information content (AvgIpc) is 2.76. The van der Waals surface area contributed by atoms with E-state index in [1.54, 1.807) is 7.11 Å². The van der Waals surface area contributed by atoms with Crippen molar-refractivity contribution in [1.82, 2.24) is 4.98 Å². The molecular weight excluding hydrogens is 358 g/mol. The second-order valence-corrected chi connectivity index (χ2v) is 6.91. The fourth-order valence-corrected chi connectivity index (χ4v) is 3.27. The van der Waals surface area contributed by atoms with Crippen LogP contribution >= 0.6 is 0 Å². The molecule has 3 aromatic carbocycles. The van der Waals surface area contributed by atoms with Crippen molar-refractivity contribution in [3.8, 4) is 17.6 Å². The standard InChI is InChI=1S/C26H21NO2/c1-29-24-13-10-21(11-14-24)17-23-18-22-16-20(12-15-25(22)27-26(23)28)9-5-8-19-6-3-2-4-7-19/h2-4,6-7,10-16,18H,8,17H2,1H3,(H,27,28). The molecule has 0 amide bonds. The van der Waals surface area contributed by atoms with Crippen LogP contribution in [-0.2, 0) is 12.8 Å². The summed E-state index contributed by atoms with van der Waals surface area (Å²) in [6, 6.07) is 25.8. The summed E-state index contributed by atoms with van der Waals surface area (Å²) in [7, 11) is 1.64. The summed E-state index contributed by atoms with van der Waals surface area (Å²) in [5, 5.41) is 0.986. The third-order valence-corrected chi connectivity index (χ3v) is 4.84. The van der Waals surface area contributed by atoms with Crippen LogP contribution < -0.4 is 10.3 Å². The van der Waals surface area contributed by atoms with E-state index >= 15 is 0 Å². The molecule has 0 aliphatic carbocycles. The number of aromatic nitrogens is 1. The first-order chi connectivity index (χ1) is 14.2. The van der Waals surface area contributed by atoms with Crippen LogP contribution in [0.3, 0.4) is 0 Å². The molecule has 29 heavy (non-hydrogen) atoms. The summed E-state index contributed by atoms with van der Waals surface area (Å²) < 4.78 is 5.19. The number of H-pyrrole nitrogens is 1. The van der Waals surface area contributed by atoms with Crippen molar-refractivity contribution < 1.29 is 4.74 Å². The normalized spacial score (nSPS) is 10.4. The number of pyridine rings is 1. The zero-order valence-electron chi connectivity index (χ0n) is 16.2. The lowest BCUT2D eigenvalue weighted by molar-refractivity contribution is 0.414. The number of fused-ring (bicyclic) bond motifs is 1. The van der Waals surface area contributed by atoms with Gasteiger partial charge in [0.05, 0.1) is 7.11 Å². The molecule has 0 radical (unpaired) electrons. The minimum atomic E-state index is -0.0590. The Morgan fingerprint density at radius 2 is 1.69 bits per heavy atom. The minimum absolute atomic E-state index is 0.0590. The molecule has 142 valence electrons. The quantitative estimate of drug-likeness (QED) is 0.521. The van der Waals surface area contributed by atoms with Crippen molar-refractivity contribution in [3.63, 3.8) is 0 Å². The van der Waals surface area contributed by atoms with E-state index in [1.165, 1.54) is 5.56 Å². The molecule has 0 unspecified atom stereocenters. The van der Waals surface area contributed by atoms with Crippen LogP contribution in [0.15, 0.2) is 83.7 Å². The van der Waals surface area contributed by atoms with Gasteiger partial charge in [0.1, 0.15) is 5.75 Å². The molecule has 0 bridgehead atoms. The van der Waals surface area contributed by atoms with Gasteiger partial charge >= 0.3 is 0 Å². The van der Waals surface area contributed by atoms with Crippen LogP contribution in [0.4, 0.5) is 0 Å². The summed E-state index contributed by atoms with van der Waals surface area (Å²) in [5.41, 5.74) is 4.70. The van der Waals surface area contributed by atoms with Gasteiger partial charge in [0, 0.05) is 29.5 Å². The van der Waals surface area contributed by atoms with E-state index in [-0.39, 0.29) is 5.56 Å². The molecule has 0 saturated carbocycles. The Kier molecular flexibility index (Phi) is 5.45. The van der Waals surface area contributed by atoms with E-state index in [2.05, 4.69) is 29.0 Å². The highest BCUT2D eigenvalue weighted by Crippen LogP contribution is 2.17. The van der Waals surface area contributed by atoms with Gasteiger partial charge in [-0.1, -0.05) is 54.3 Å². The third-order valence-electron chi connectivity index (χ3n) is 4.84. The molecule has 3 heteroatoms. The Labute approximate surface area is 170 Å². The summed E-state index contributed by atoms with van der Waals surface area (Å²) >= 11 is 0. The van der Waals surface area contributed by atoms with Crippen LogP contribution in [0.2, 0.25) is 0 Å². The second kappa shape index (κ2) is 8.50. The first-order valence-electron chi connectivity index (χ1n) is 9.53. The number of nitrogens with one attached hydrogen (secondary N) is 1.